The molecule has 0 heterocycles. The number of benzene rings is 2. The maximum atomic E-state index is 12.0. The second-order valence-corrected chi connectivity index (χ2v) is 4.39. The van der Waals surface area contributed by atoms with E-state index in [1.807, 2.05) is 0 Å². The van der Waals surface area contributed by atoms with Crippen LogP contribution in [0, 0.1) is 0 Å². The van der Waals surface area contributed by atoms with E-state index >= 15 is 0 Å². The Kier molecular flexibility index (Phi) is 4.47. The van der Waals surface area contributed by atoms with E-state index in [9.17, 15) is 18.0 Å². The zero-order valence-electron chi connectivity index (χ0n) is 11.2. The first-order valence-corrected chi connectivity index (χ1v) is 6.16. The number of ether oxygens (including phenoxy) is 2. The summed E-state index contributed by atoms with van der Waals surface area (Å²) in [6.45, 7) is -2.05. The van der Waals surface area contributed by atoms with Crippen LogP contribution in [0.25, 0.3) is 10.8 Å². The molecule has 0 N–H and O–H groups in total. The van der Waals surface area contributed by atoms with E-state index in [1.54, 1.807) is 30.3 Å². The SMILES string of the molecule is COc1ccc(C(=O)COCC(F)(F)F)c2ccccc12. The third-order valence-corrected chi connectivity index (χ3v) is 2.90. The van der Waals surface area contributed by atoms with Crippen molar-refractivity contribution in [2.45, 2.75) is 6.18 Å². The molecule has 0 aliphatic heterocycles. The topological polar surface area (TPSA) is 35.5 Å². The Bertz CT molecular complexity index is 650. The molecule has 112 valence electrons. The first-order valence-electron chi connectivity index (χ1n) is 6.16. The summed E-state index contributed by atoms with van der Waals surface area (Å²) in [7, 11) is 1.51. The zero-order valence-corrected chi connectivity index (χ0v) is 11.2. The van der Waals surface area contributed by atoms with Gasteiger partial charge in [-0.1, -0.05) is 24.3 Å². The molecule has 0 unspecified atom stereocenters. The van der Waals surface area contributed by atoms with Crippen molar-refractivity contribution >= 4 is 16.6 Å². The number of hydrogen-bond acceptors (Lipinski definition) is 3. The van der Waals surface area contributed by atoms with Gasteiger partial charge in [0, 0.05) is 10.9 Å². The minimum atomic E-state index is -4.44. The third-order valence-electron chi connectivity index (χ3n) is 2.90. The fourth-order valence-electron chi connectivity index (χ4n) is 2.03. The number of Topliss-reactive ketones (excluding diaryl/α,β-unsaturated/α-hetero) is 1. The van der Waals surface area contributed by atoms with Crippen LogP contribution in [-0.2, 0) is 4.74 Å². The molecule has 2 rings (SSSR count). The minimum absolute atomic E-state index is 0.313. The van der Waals surface area contributed by atoms with Crippen molar-refractivity contribution in [1.29, 1.82) is 0 Å². The summed E-state index contributed by atoms with van der Waals surface area (Å²) in [4.78, 5) is 12.0. The largest absolute Gasteiger partial charge is 0.496 e. The molecule has 0 fully saturated rings. The van der Waals surface area contributed by atoms with Gasteiger partial charge in [0.1, 0.15) is 19.0 Å². The highest BCUT2D eigenvalue weighted by Gasteiger charge is 2.28. The predicted molar refractivity (Wildman–Crippen MR) is 71.7 cm³/mol. The molecule has 0 bridgehead atoms. The number of alkyl halides is 3. The van der Waals surface area contributed by atoms with Gasteiger partial charge in [-0.3, -0.25) is 4.79 Å². The highest BCUT2D eigenvalue weighted by molar-refractivity contribution is 6.10. The van der Waals surface area contributed by atoms with Gasteiger partial charge in [0.25, 0.3) is 0 Å². The number of rotatable bonds is 5. The Hall–Kier alpha value is -2.08. The second-order valence-electron chi connectivity index (χ2n) is 4.39. The van der Waals surface area contributed by atoms with Crippen LogP contribution in [-0.4, -0.2) is 32.3 Å². The van der Waals surface area contributed by atoms with Crippen LogP contribution < -0.4 is 4.74 Å². The lowest BCUT2D eigenvalue weighted by Gasteiger charge is -2.11. The van der Waals surface area contributed by atoms with Crippen LogP contribution in [0.2, 0.25) is 0 Å². The van der Waals surface area contributed by atoms with Gasteiger partial charge in [-0.15, -0.1) is 0 Å². The minimum Gasteiger partial charge on any atom is -0.496 e. The van der Waals surface area contributed by atoms with Gasteiger partial charge in [0.15, 0.2) is 5.78 Å². The third kappa shape index (κ3) is 3.72. The molecule has 0 aliphatic carbocycles. The molecule has 0 radical (unpaired) electrons. The first-order chi connectivity index (χ1) is 9.92. The van der Waals surface area contributed by atoms with Crippen LogP contribution >= 0.6 is 0 Å². The molecule has 0 aromatic heterocycles. The highest BCUT2D eigenvalue weighted by Crippen LogP contribution is 2.28. The lowest BCUT2D eigenvalue weighted by molar-refractivity contribution is -0.170. The van der Waals surface area contributed by atoms with Crippen LogP contribution in [0.4, 0.5) is 13.2 Å². The Morgan fingerprint density at radius 2 is 1.76 bits per heavy atom. The van der Waals surface area contributed by atoms with E-state index in [4.69, 9.17) is 4.74 Å². The van der Waals surface area contributed by atoms with Crippen molar-refractivity contribution in [3.05, 3.63) is 42.0 Å². The van der Waals surface area contributed by atoms with Gasteiger partial charge in [-0.25, -0.2) is 0 Å². The molecular formula is C15H13F3O3. The zero-order chi connectivity index (χ0) is 15.5. The summed E-state index contributed by atoms with van der Waals surface area (Å²) >= 11 is 0. The molecule has 2 aromatic carbocycles. The van der Waals surface area contributed by atoms with Crippen LogP contribution in [0.5, 0.6) is 5.75 Å². The molecule has 2 aromatic rings. The average Bonchev–Trinajstić information content (AvgIpc) is 2.44. The van der Waals surface area contributed by atoms with Crippen molar-refractivity contribution in [1.82, 2.24) is 0 Å². The molecule has 0 atom stereocenters. The smallest absolute Gasteiger partial charge is 0.411 e. The highest BCUT2D eigenvalue weighted by atomic mass is 19.4. The summed E-state index contributed by atoms with van der Waals surface area (Å²) in [5.74, 6) is 0.0939. The maximum absolute atomic E-state index is 12.0. The van der Waals surface area contributed by atoms with Crippen molar-refractivity contribution < 1.29 is 27.4 Å². The Morgan fingerprint density at radius 3 is 2.38 bits per heavy atom. The number of methoxy groups -OCH3 is 1. The van der Waals surface area contributed by atoms with Crippen LogP contribution in [0.3, 0.4) is 0 Å². The fraction of sp³-hybridized carbons (Fsp3) is 0.267. The number of carbonyl (C=O) groups is 1. The van der Waals surface area contributed by atoms with Crippen molar-refractivity contribution in [2.24, 2.45) is 0 Å². The molecule has 3 nitrogen and oxygen atoms in total. The van der Waals surface area contributed by atoms with Gasteiger partial charge in [0.2, 0.25) is 0 Å². The molecule has 21 heavy (non-hydrogen) atoms. The summed E-state index contributed by atoms with van der Waals surface area (Å²) in [5, 5.41) is 1.35. The lowest BCUT2D eigenvalue weighted by Crippen LogP contribution is -2.20. The number of ketones is 1. The average molecular weight is 298 g/mol. The van der Waals surface area contributed by atoms with Crippen molar-refractivity contribution in [2.75, 3.05) is 20.3 Å². The molecule has 6 heteroatoms. The molecule has 0 spiro atoms. The monoisotopic (exact) mass is 298 g/mol. The molecular weight excluding hydrogens is 285 g/mol. The van der Waals surface area contributed by atoms with Gasteiger partial charge < -0.3 is 9.47 Å². The molecule has 0 saturated carbocycles. The quantitative estimate of drug-likeness (QED) is 0.791. The van der Waals surface area contributed by atoms with Gasteiger partial charge in [-0.05, 0) is 17.5 Å². The van der Waals surface area contributed by atoms with Crippen molar-refractivity contribution in [3.63, 3.8) is 0 Å². The van der Waals surface area contributed by atoms with E-state index in [0.717, 1.165) is 5.39 Å². The van der Waals surface area contributed by atoms with Crippen molar-refractivity contribution in [3.8, 4) is 5.75 Å². The second kappa shape index (κ2) is 6.13. The van der Waals surface area contributed by atoms with E-state index in [2.05, 4.69) is 4.74 Å². The van der Waals surface area contributed by atoms with E-state index in [0.29, 0.717) is 16.7 Å². The summed E-state index contributed by atoms with van der Waals surface area (Å²) in [5.41, 5.74) is 0.313. The molecule has 0 saturated heterocycles. The lowest BCUT2D eigenvalue weighted by atomic mass is 10.0. The van der Waals surface area contributed by atoms with E-state index in [-0.39, 0.29) is 0 Å². The normalized spacial score (nSPS) is 11.6. The summed E-state index contributed by atoms with van der Waals surface area (Å²) in [6.07, 6.45) is -4.44. The summed E-state index contributed by atoms with van der Waals surface area (Å²) in [6, 6.07) is 10.2. The van der Waals surface area contributed by atoms with E-state index < -0.39 is 25.2 Å². The number of halogens is 3. The maximum Gasteiger partial charge on any atom is 0.411 e. The summed E-state index contributed by atoms with van der Waals surface area (Å²) < 4.78 is 45.6. The Morgan fingerprint density at radius 1 is 1.10 bits per heavy atom. The van der Waals surface area contributed by atoms with Gasteiger partial charge in [0.05, 0.1) is 7.11 Å². The number of carbonyl (C=O) groups excluding carboxylic acids is 1. The Labute approximate surface area is 119 Å². The van der Waals surface area contributed by atoms with Crippen LogP contribution in [0.1, 0.15) is 10.4 Å². The standard InChI is InChI=1S/C15H13F3O3/c1-20-14-7-6-11(10-4-2-3-5-12(10)14)13(19)8-21-9-15(16,17)18/h2-7H,8-9H2,1H3. The first kappa shape index (κ1) is 15.3. The van der Waals surface area contributed by atoms with Gasteiger partial charge in [-0.2, -0.15) is 13.2 Å². The fourth-order valence-corrected chi connectivity index (χ4v) is 2.03. The number of fused-ring (bicyclic) bond motifs is 1. The molecule has 0 aliphatic rings. The molecule has 0 amide bonds. The van der Waals surface area contributed by atoms with E-state index in [1.165, 1.54) is 13.2 Å². The predicted octanol–water partition coefficient (Wildman–Crippen LogP) is 3.61. The number of hydrogen-bond donors (Lipinski definition) is 0. The Balaban J connectivity index is 2.24. The van der Waals surface area contributed by atoms with Crippen LogP contribution in [0.15, 0.2) is 36.4 Å². The van der Waals surface area contributed by atoms with Gasteiger partial charge >= 0.3 is 6.18 Å².